The van der Waals surface area contributed by atoms with Crippen LogP contribution in [-0.4, -0.2) is 52.8 Å². The average Bonchev–Trinajstić information content (AvgIpc) is 3.02. The lowest BCUT2D eigenvalue weighted by atomic mass is 10.1. The number of hydrogen-bond acceptors (Lipinski definition) is 7. The molecular formula is C16H17NO5S3. The number of aromatic hydroxyl groups is 1. The van der Waals surface area contributed by atoms with Gasteiger partial charge in [-0.2, -0.15) is 0 Å². The van der Waals surface area contributed by atoms with Crippen molar-refractivity contribution in [2.75, 3.05) is 18.1 Å². The molecule has 0 bridgehead atoms. The molecule has 1 aromatic carbocycles. The summed E-state index contributed by atoms with van der Waals surface area (Å²) in [6.45, 7) is 2.22. The second-order valence-electron chi connectivity index (χ2n) is 5.77. The third-order valence-electron chi connectivity index (χ3n) is 3.98. The molecule has 2 aliphatic heterocycles. The quantitative estimate of drug-likeness (QED) is 0.614. The summed E-state index contributed by atoms with van der Waals surface area (Å²) >= 11 is 6.44. The van der Waals surface area contributed by atoms with Gasteiger partial charge in [-0.1, -0.05) is 30.0 Å². The summed E-state index contributed by atoms with van der Waals surface area (Å²) in [7, 11) is -3.10. The first kappa shape index (κ1) is 18.2. The van der Waals surface area contributed by atoms with Crippen molar-refractivity contribution in [2.45, 2.75) is 19.4 Å². The Balaban J connectivity index is 1.84. The van der Waals surface area contributed by atoms with Gasteiger partial charge in [0.2, 0.25) is 0 Å². The van der Waals surface area contributed by atoms with Crippen molar-refractivity contribution in [1.29, 1.82) is 0 Å². The maximum Gasteiger partial charge on any atom is 0.266 e. The van der Waals surface area contributed by atoms with Gasteiger partial charge in [0, 0.05) is 0 Å². The maximum atomic E-state index is 12.7. The lowest BCUT2D eigenvalue weighted by Gasteiger charge is -2.20. The van der Waals surface area contributed by atoms with E-state index in [0.29, 0.717) is 33.6 Å². The van der Waals surface area contributed by atoms with Crippen molar-refractivity contribution in [1.82, 2.24) is 4.90 Å². The third-order valence-corrected chi connectivity index (χ3v) is 7.06. The van der Waals surface area contributed by atoms with Gasteiger partial charge in [-0.25, -0.2) is 8.42 Å². The van der Waals surface area contributed by atoms with Crippen LogP contribution < -0.4 is 4.74 Å². The summed E-state index contributed by atoms with van der Waals surface area (Å²) in [5, 5.41) is 9.75. The molecule has 25 heavy (non-hydrogen) atoms. The first-order chi connectivity index (χ1) is 11.8. The van der Waals surface area contributed by atoms with E-state index in [-0.39, 0.29) is 29.2 Å². The minimum atomic E-state index is -3.10. The number of carbonyl (C=O) groups excluding carboxylic acids is 1. The highest BCUT2D eigenvalue weighted by atomic mass is 32.2. The van der Waals surface area contributed by atoms with Crippen LogP contribution >= 0.6 is 24.0 Å². The van der Waals surface area contributed by atoms with Crippen LogP contribution in [0.5, 0.6) is 11.5 Å². The summed E-state index contributed by atoms with van der Waals surface area (Å²) < 4.78 is 29.1. The van der Waals surface area contributed by atoms with Gasteiger partial charge in [0.05, 0.1) is 29.1 Å². The minimum Gasteiger partial charge on any atom is -0.504 e. The maximum absolute atomic E-state index is 12.7. The fourth-order valence-electron chi connectivity index (χ4n) is 2.82. The minimum absolute atomic E-state index is 0.0303. The van der Waals surface area contributed by atoms with E-state index in [0.717, 1.165) is 11.8 Å². The normalized spacial score (nSPS) is 24.3. The monoisotopic (exact) mass is 399 g/mol. The molecule has 9 heteroatoms. The number of phenols is 1. The van der Waals surface area contributed by atoms with E-state index in [1.165, 1.54) is 11.0 Å². The molecule has 2 fully saturated rings. The van der Waals surface area contributed by atoms with Crippen molar-refractivity contribution in [3.05, 3.63) is 28.7 Å². The molecule has 0 aromatic heterocycles. The highest BCUT2D eigenvalue weighted by Crippen LogP contribution is 2.37. The number of rotatable bonds is 4. The molecule has 0 aliphatic carbocycles. The van der Waals surface area contributed by atoms with E-state index in [1.54, 1.807) is 18.2 Å². The Morgan fingerprint density at radius 2 is 2.24 bits per heavy atom. The van der Waals surface area contributed by atoms with Crippen LogP contribution in [0.15, 0.2) is 23.1 Å². The van der Waals surface area contributed by atoms with E-state index in [2.05, 4.69) is 0 Å². The summed E-state index contributed by atoms with van der Waals surface area (Å²) in [6.07, 6.45) is 2.08. The van der Waals surface area contributed by atoms with Crippen molar-refractivity contribution >= 4 is 50.1 Å². The molecule has 0 saturated carbocycles. The number of ether oxygens (including phenoxy) is 1. The first-order valence-corrected chi connectivity index (χ1v) is 10.8. The summed E-state index contributed by atoms with van der Waals surface area (Å²) in [5.41, 5.74) is 0.695. The van der Waals surface area contributed by atoms with Gasteiger partial charge in [0.15, 0.2) is 21.3 Å². The molecule has 1 unspecified atom stereocenters. The van der Waals surface area contributed by atoms with Crippen molar-refractivity contribution in [3.8, 4) is 11.5 Å². The Kier molecular flexibility index (Phi) is 5.08. The van der Waals surface area contributed by atoms with Crippen LogP contribution in [0.2, 0.25) is 0 Å². The van der Waals surface area contributed by atoms with E-state index in [9.17, 15) is 18.3 Å². The Hall–Kier alpha value is -1.58. The SMILES string of the molecule is CCOc1cc(/C=C2\SC(=S)N(C3CCS(=O)(=O)C3)C2=O)ccc1O. The highest BCUT2D eigenvalue weighted by molar-refractivity contribution is 8.26. The second-order valence-corrected chi connectivity index (χ2v) is 9.67. The van der Waals surface area contributed by atoms with Crippen molar-refractivity contribution in [3.63, 3.8) is 0 Å². The van der Waals surface area contributed by atoms with Crippen LogP contribution in [0.25, 0.3) is 6.08 Å². The van der Waals surface area contributed by atoms with E-state index < -0.39 is 9.84 Å². The molecule has 1 atom stereocenters. The van der Waals surface area contributed by atoms with E-state index in [1.807, 2.05) is 6.92 Å². The molecule has 1 amide bonds. The Bertz CT molecular complexity index is 863. The van der Waals surface area contributed by atoms with Gasteiger partial charge in [0.1, 0.15) is 4.32 Å². The number of carbonyl (C=O) groups is 1. The lowest BCUT2D eigenvalue weighted by Crippen LogP contribution is -2.39. The Labute approximate surface area is 155 Å². The summed E-state index contributed by atoms with van der Waals surface area (Å²) in [5.74, 6) is 0.142. The molecule has 1 aromatic rings. The zero-order valence-electron chi connectivity index (χ0n) is 13.5. The van der Waals surface area contributed by atoms with Crippen LogP contribution in [0.1, 0.15) is 18.9 Å². The molecule has 0 radical (unpaired) electrons. The van der Waals surface area contributed by atoms with Gasteiger partial charge in [-0.3, -0.25) is 9.69 Å². The number of benzene rings is 1. The van der Waals surface area contributed by atoms with Gasteiger partial charge in [-0.15, -0.1) is 0 Å². The molecule has 1 N–H and O–H groups in total. The standard InChI is InChI=1S/C16H17NO5S3/c1-2-22-13-7-10(3-4-12(13)18)8-14-15(19)17(16(23)24-14)11-5-6-25(20,21)9-11/h3-4,7-8,11,18H,2,5-6,9H2,1H3/b14-8-. The number of thiocarbonyl (C=S) groups is 1. The topological polar surface area (TPSA) is 83.9 Å². The zero-order chi connectivity index (χ0) is 18.2. The molecule has 2 heterocycles. The van der Waals surface area contributed by atoms with Crippen molar-refractivity contribution < 1.29 is 23.1 Å². The smallest absolute Gasteiger partial charge is 0.266 e. The number of nitrogens with zero attached hydrogens (tertiary/aromatic N) is 1. The van der Waals surface area contributed by atoms with Crippen LogP contribution in [-0.2, 0) is 14.6 Å². The largest absolute Gasteiger partial charge is 0.504 e. The molecule has 134 valence electrons. The van der Waals surface area contributed by atoms with Gasteiger partial charge in [0.25, 0.3) is 5.91 Å². The zero-order valence-corrected chi connectivity index (χ0v) is 15.9. The second kappa shape index (κ2) is 6.97. The van der Waals surface area contributed by atoms with E-state index in [4.69, 9.17) is 17.0 Å². The number of thioether (sulfide) groups is 1. The van der Waals surface area contributed by atoms with Crippen LogP contribution in [0, 0.1) is 0 Å². The highest BCUT2D eigenvalue weighted by Gasteiger charge is 2.42. The number of phenolic OH excluding ortho intramolecular Hbond substituents is 1. The van der Waals surface area contributed by atoms with Crippen LogP contribution in [0.4, 0.5) is 0 Å². The summed E-state index contributed by atoms with van der Waals surface area (Å²) in [4.78, 5) is 14.5. The van der Waals surface area contributed by atoms with E-state index >= 15 is 0 Å². The summed E-state index contributed by atoms with van der Waals surface area (Å²) in [6, 6.07) is 4.43. The third kappa shape index (κ3) is 3.83. The molecule has 2 aliphatic rings. The molecule has 0 spiro atoms. The molecular weight excluding hydrogens is 382 g/mol. The number of hydrogen-bond donors (Lipinski definition) is 1. The molecule has 3 rings (SSSR count). The predicted molar refractivity (Wildman–Crippen MR) is 101 cm³/mol. The molecule has 2 saturated heterocycles. The van der Waals surface area contributed by atoms with Crippen molar-refractivity contribution in [2.24, 2.45) is 0 Å². The lowest BCUT2D eigenvalue weighted by molar-refractivity contribution is -0.123. The average molecular weight is 400 g/mol. The number of amides is 1. The Morgan fingerprint density at radius 1 is 1.48 bits per heavy atom. The van der Waals surface area contributed by atoms with Gasteiger partial charge in [-0.05, 0) is 37.1 Å². The molecule has 6 nitrogen and oxygen atoms in total. The van der Waals surface area contributed by atoms with Gasteiger partial charge >= 0.3 is 0 Å². The van der Waals surface area contributed by atoms with Crippen LogP contribution in [0.3, 0.4) is 0 Å². The Morgan fingerprint density at radius 3 is 2.88 bits per heavy atom. The fraction of sp³-hybridized carbons (Fsp3) is 0.375. The predicted octanol–water partition coefficient (Wildman–Crippen LogP) is 2.18. The fourth-order valence-corrected chi connectivity index (χ4v) is 5.92. The number of sulfone groups is 1. The first-order valence-electron chi connectivity index (χ1n) is 7.74. The van der Waals surface area contributed by atoms with Gasteiger partial charge < -0.3 is 9.84 Å².